The van der Waals surface area contributed by atoms with Crippen molar-refractivity contribution < 1.29 is 33.2 Å². The average molecular weight is 479 g/mol. The summed E-state index contributed by atoms with van der Waals surface area (Å²) in [6, 6.07) is 10.3. The molecule has 1 saturated carbocycles. The number of hydrogen-bond acceptors (Lipinski definition) is 7. The summed E-state index contributed by atoms with van der Waals surface area (Å²) in [5, 5.41) is 0. The lowest BCUT2D eigenvalue weighted by atomic mass is 10.1. The Labute approximate surface area is 204 Å². The third-order valence-electron chi connectivity index (χ3n) is 6.72. The van der Waals surface area contributed by atoms with Crippen LogP contribution < -0.4 is 0 Å². The first kappa shape index (κ1) is 26.0. The van der Waals surface area contributed by atoms with Crippen molar-refractivity contribution in [3.05, 3.63) is 35.9 Å². The molecule has 1 aromatic carbocycles. The van der Waals surface area contributed by atoms with E-state index in [1.807, 2.05) is 18.2 Å². The van der Waals surface area contributed by atoms with Crippen molar-refractivity contribution in [2.45, 2.75) is 82.8 Å². The summed E-state index contributed by atoms with van der Waals surface area (Å²) in [5.41, 5.74) is 1.20. The SMILES string of the molecule is c1ccc(COCC2CC(OCCOC3CCCCO3)C(OCCOC3CCCCO3)C2)cc1. The summed E-state index contributed by atoms with van der Waals surface area (Å²) in [7, 11) is 0. The van der Waals surface area contributed by atoms with E-state index in [0.29, 0.717) is 45.6 Å². The fourth-order valence-electron chi connectivity index (χ4n) is 4.90. The van der Waals surface area contributed by atoms with Crippen molar-refractivity contribution in [3.8, 4) is 0 Å². The third kappa shape index (κ3) is 9.19. The molecule has 34 heavy (non-hydrogen) atoms. The summed E-state index contributed by atoms with van der Waals surface area (Å²) in [6.45, 7) is 5.14. The van der Waals surface area contributed by atoms with Crippen molar-refractivity contribution in [3.63, 3.8) is 0 Å². The molecule has 4 unspecified atom stereocenters. The van der Waals surface area contributed by atoms with Gasteiger partial charge in [0.25, 0.3) is 0 Å². The molecule has 0 radical (unpaired) electrons. The predicted octanol–water partition coefficient (Wildman–Crippen LogP) is 4.47. The Morgan fingerprint density at radius 3 is 1.76 bits per heavy atom. The zero-order chi connectivity index (χ0) is 23.3. The van der Waals surface area contributed by atoms with E-state index >= 15 is 0 Å². The van der Waals surface area contributed by atoms with Crippen molar-refractivity contribution in [1.29, 1.82) is 0 Å². The average Bonchev–Trinajstić information content (AvgIpc) is 3.28. The highest BCUT2D eigenvalue weighted by Crippen LogP contribution is 2.31. The van der Waals surface area contributed by atoms with Gasteiger partial charge in [0, 0.05) is 13.2 Å². The number of hydrogen-bond donors (Lipinski definition) is 0. The molecule has 2 aliphatic heterocycles. The van der Waals surface area contributed by atoms with E-state index in [2.05, 4.69) is 12.1 Å². The van der Waals surface area contributed by atoms with E-state index in [-0.39, 0.29) is 24.8 Å². The van der Waals surface area contributed by atoms with E-state index in [4.69, 9.17) is 33.2 Å². The maximum absolute atomic E-state index is 6.22. The van der Waals surface area contributed by atoms with Gasteiger partial charge >= 0.3 is 0 Å². The molecule has 3 aliphatic rings. The largest absolute Gasteiger partial charge is 0.376 e. The van der Waals surface area contributed by atoms with Crippen molar-refractivity contribution in [2.24, 2.45) is 5.92 Å². The van der Waals surface area contributed by atoms with Gasteiger partial charge in [-0.3, -0.25) is 0 Å². The molecule has 0 amide bonds. The lowest BCUT2D eigenvalue weighted by Crippen LogP contribution is -2.30. The third-order valence-corrected chi connectivity index (χ3v) is 6.72. The van der Waals surface area contributed by atoms with Crippen LogP contribution in [-0.4, -0.2) is 71.0 Å². The molecule has 2 saturated heterocycles. The van der Waals surface area contributed by atoms with E-state index in [1.165, 1.54) is 18.4 Å². The molecular formula is C27H42O7. The second kappa shape index (κ2) is 15.1. The molecule has 4 atom stereocenters. The monoisotopic (exact) mass is 478 g/mol. The van der Waals surface area contributed by atoms with Crippen LogP contribution in [0, 0.1) is 5.92 Å². The quantitative estimate of drug-likeness (QED) is 0.366. The highest BCUT2D eigenvalue weighted by molar-refractivity contribution is 5.13. The maximum Gasteiger partial charge on any atom is 0.157 e. The van der Waals surface area contributed by atoms with E-state index < -0.39 is 0 Å². The van der Waals surface area contributed by atoms with E-state index in [0.717, 1.165) is 51.7 Å². The predicted molar refractivity (Wildman–Crippen MR) is 127 cm³/mol. The van der Waals surface area contributed by atoms with Crippen LogP contribution in [0.5, 0.6) is 0 Å². The minimum Gasteiger partial charge on any atom is -0.376 e. The molecule has 7 nitrogen and oxygen atoms in total. The van der Waals surface area contributed by atoms with E-state index in [9.17, 15) is 0 Å². The normalized spacial score (nSPS) is 29.9. The molecule has 0 bridgehead atoms. The fraction of sp³-hybridized carbons (Fsp3) is 0.778. The van der Waals surface area contributed by atoms with Crippen molar-refractivity contribution in [1.82, 2.24) is 0 Å². The topological polar surface area (TPSA) is 64.6 Å². The first-order valence-corrected chi connectivity index (χ1v) is 13.2. The molecule has 3 fully saturated rings. The van der Waals surface area contributed by atoms with Gasteiger partial charge in [-0.15, -0.1) is 0 Å². The number of benzene rings is 1. The van der Waals surface area contributed by atoms with Gasteiger partial charge in [0.1, 0.15) is 0 Å². The van der Waals surface area contributed by atoms with Crippen LogP contribution in [-0.2, 0) is 39.8 Å². The van der Waals surface area contributed by atoms with Gasteiger partial charge in [-0.05, 0) is 62.8 Å². The van der Waals surface area contributed by atoms with Crippen LogP contribution in [0.25, 0.3) is 0 Å². The first-order chi connectivity index (χ1) is 16.9. The van der Waals surface area contributed by atoms with Gasteiger partial charge in [0.2, 0.25) is 0 Å². The Kier molecular flexibility index (Phi) is 11.6. The summed E-state index contributed by atoms with van der Waals surface area (Å²) < 4.78 is 41.4. The van der Waals surface area contributed by atoms with Crippen LogP contribution in [0.2, 0.25) is 0 Å². The lowest BCUT2D eigenvalue weighted by Gasteiger charge is -2.25. The molecule has 0 aromatic heterocycles. The highest BCUT2D eigenvalue weighted by Gasteiger charge is 2.36. The van der Waals surface area contributed by atoms with Crippen molar-refractivity contribution in [2.75, 3.05) is 46.2 Å². The summed E-state index contributed by atoms with van der Waals surface area (Å²) in [5.74, 6) is 0.420. The smallest absolute Gasteiger partial charge is 0.157 e. The molecule has 0 N–H and O–H groups in total. The Balaban J connectivity index is 1.17. The summed E-state index contributed by atoms with van der Waals surface area (Å²) in [4.78, 5) is 0. The first-order valence-electron chi connectivity index (χ1n) is 13.2. The van der Waals surface area contributed by atoms with Gasteiger partial charge in [-0.25, -0.2) is 0 Å². The van der Waals surface area contributed by atoms with Crippen molar-refractivity contribution >= 4 is 0 Å². The fourth-order valence-corrected chi connectivity index (χ4v) is 4.90. The second-order valence-electron chi connectivity index (χ2n) is 9.49. The van der Waals surface area contributed by atoms with Gasteiger partial charge in [0.05, 0.1) is 51.8 Å². The number of ether oxygens (including phenoxy) is 7. The van der Waals surface area contributed by atoms with E-state index in [1.54, 1.807) is 0 Å². The lowest BCUT2D eigenvalue weighted by molar-refractivity contribution is -0.180. The van der Waals surface area contributed by atoms with Crippen LogP contribution >= 0.6 is 0 Å². The molecule has 192 valence electrons. The van der Waals surface area contributed by atoms with Crippen LogP contribution in [0.4, 0.5) is 0 Å². The maximum atomic E-state index is 6.22. The Morgan fingerprint density at radius 1 is 0.676 bits per heavy atom. The minimum absolute atomic E-state index is 0.0483. The Bertz CT molecular complexity index is 612. The van der Waals surface area contributed by atoms with Gasteiger partial charge < -0.3 is 33.2 Å². The zero-order valence-corrected chi connectivity index (χ0v) is 20.4. The van der Waals surface area contributed by atoms with Gasteiger partial charge in [-0.1, -0.05) is 30.3 Å². The van der Waals surface area contributed by atoms with Crippen LogP contribution in [0.15, 0.2) is 30.3 Å². The molecule has 1 aliphatic carbocycles. The minimum atomic E-state index is -0.0775. The molecule has 1 aromatic rings. The molecule has 0 spiro atoms. The van der Waals surface area contributed by atoms with Gasteiger partial charge in [-0.2, -0.15) is 0 Å². The second-order valence-corrected chi connectivity index (χ2v) is 9.49. The molecule has 4 rings (SSSR count). The highest BCUT2D eigenvalue weighted by atomic mass is 16.7. The summed E-state index contributed by atoms with van der Waals surface area (Å²) >= 11 is 0. The van der Waals surface area contributed by atoms with Crippen LogP contribution in [0.1, 0.15) is 56.9 Å². The molecular weight excluding hydrogens is 436 g/mol. The summed E-state index contributed by atoms with van der Waals surface area (Å²) in [6.07, 6.45) is 8.35. The Morgan fingerprint density at radius 2 is 1.24 bits per heavy atom. The van der Waals surface area contributed by atoms with Gasteiger partial charge in [0.15, 0.2) is 12.6 Å². The van der Waals surface area contributed by atoms with Crippen LogP contribution in [0.3, 0.4) is 0 Å². The zero-order valence-electron chi connectivity index (χ0n) is 20.4. The number of rotatable bonds is 14. The Hall–Kier alpha value is -1.06. The molecule has 2 heterocycles. The standard InChI is InChI=1S/C27H42O7/c1-2-8-22(9-3-1)20-28-21-23-18-24(29-14-16-33-26-10-4-6-12-31-26)25(19-23)30-15-17-34-27-11-5-7-13-32-27/h1-3,8-9,23-27H,4-7,10-21H2. The molecule has 7 heteroatoms.